The Morgan fingerprint density at radius 3 is 2.38 bits per heavy atom. The van der Waals surface area contributed by atoms with Crippen LogP contribution < -0.4 is 11.1 Å². The molecule has 3 heteroatoms. The smallest absolute Gasteiger partial charge is 0.225 e. The quantitative estimate of drug-likeness (QED) is 0.676. The molecule has 0 aromatic carbocycles. The molecule has 0 fully saturated rings. The largest absolute Gasteiger partial charge is 0.354 e. The molecule has 0 aromatic rings. The molecule has 0 heterocycles. The van der Waals surface area contributed by atoms with Crippen molar-refractivity contribution in [2.45, 2.75) is 34.1 Å². The molecular weight excluding hydrogens is 164 g/mol. The Morgan fingerprint density at radius 1 is 1.46 bits per heavy atom. The van der Waals surface area contributed by atoms with Crippen molar-refractivity contribution in [3.05, 3.63) is 0 Å². The van der Waals surface area contributed by atoms with Crippen molar-refractivity contribution in [3.63, 3.8) is 0 Å². The molecule has 0 saturated heterocycles. The van der Waals surface area contributed by atoms with Crippen molar-refractivity contribution in [3.8, 4) is 0 Å². The Kier molecular flexibility index (Phi) is 4.99. The molecule has 0 atom stereocenters. The van der Waals surface area contributed by atoms with Crippen LogP contribution in [0.15, 0.2) is 0 Å². The standard InChI is InChI=1S/C10H22N2O/c1-8(2)7-10(3,4)9(13)12-6-5-11/h8H,5-7,11H2,1-4H3,(H,12,13). The van der Waals surface area contributed by atoms with Gasteiger partial charge >= 0.3 is 0 Å². The predicted octanol–water partition coefficient (Wildman–Crippen LogP) is 1.13. The van der Waals surface area contributed by atoms with Gasteiger partial charge < -0.3 is 11.1 Å². The normalized spacial score (nSPS) is 11.8. The molecule has 3 nitrogen and oxygen atoms in total. The predicted molar refractivity (Wildman–Crippen MR) is 55.3 cm³/mol. The minimum Gasteiger partial charge on any atom is -0.354 e. The zero-order chi connectivity index (χ0) is 10.5. The number of nitrogens with one attached hydrogen (secondary N) is 1. The minimum atomic E-state index is -0.274. The van der Waals surface area contributed by atoms with Gasteiger partial charge in [0.25, 0.3) is 0 Å². The number of rotatable bonds is 5. The van der Waals surface area contributed by atoms with E-state index >= 15 is 0 Å². The van der Waals surface area contributed by atoms with E-state index < -0.39 is 0 Å². The van der Waals surface area contributed by atoms with Gasteiger partial charge in [0.2, 0.25) is 5.91 Å². The van der Waals surface area contributed by atoms with Crippen LogP contribution in [0.25, 0.3) is 0 Å². The summed E-state index contributed by atoms with van der Waals surface area (Å²) in [5.74, 6) is 0.644. The molecule has 0 aliphatic carbocycles. The Labute approximate surface area is 81.1 Å². The Hall–Kier alpha value is -0.570. The zero-order valence-electron chi connectivity index (χ0n) is 9.18. The second kappa shape index (κ2) is 5.22. The van der Waals surface area contributed by atoms with E-state index in [4.69, 9.17) is 5.73 Å². The van der Waals surface area contributed by atoms with E-state index in [1.807, 2.05) is 13.8 Å². The van der Waals surface area contributed by atoms with Gasteiger partial charge in [-0.3, -0.25) is 4.79 Å². The molecule has 0 unspecified atom stereocenters. The fraction of sp³-hybridized carbons (Fsp3) is 0.900. The van der Waals surface area contributed by atoms with Crippen LogP contribution in [0.5, 0.6) is 0 Å². The molecule has 0 bridgehead atoms. The van der Waals surface area contributed by atoms with Crippen LogP contribution in [-0.4, -0.2) is 19.0 Å². The summed E-state index contributed by atoms with van der Waals surface area (Å²) in [6.45, 7) is 9.26. The van der Waals surface area contributed by atoms with Gasteiger partial charge in [-0.25, -0.2) is 0 Å². The van der Waals surface area contributed by atoms with Crippen molar-refractivity contribution in [1.82, 2.24) is 5.32 Å². The number of hydrogen-bond donors (Lipinski definition) is 2. The zero-order valence-corrected chi connectivity index (χ0v) is 9.18. The maximum atomic E-state index is 11.6. The average Bonchev–Trinajstić information content (AvgIpc) is 1.97. The number of carbonyl (C=O) groups is 1. The van der Waals surface area contributed by atoms with Crippen LogP contribution in [0.3, 0.4) is 0 Å². The van der Waals surface area contributed by atoms with Gasteiger partial charge in [-0.05, 0) is 12.3 Å². The Balaban J connectivity index is 4.03. The summed E-state index contributed by atoms with van der Waals surface area (Å²) >= 11 is 0. The molecular formula is C10H22N2O. The fourth-order valence-electron chi connectivity index (χ4n) is 1.54. The molecule has 0 spiro atoms. The first kappa shape index (κ1) is 12.4. The topological polar surface area (TPSA) is 55.1 Å². The highest BCUT2D eigenvalue weighted by Gasteiger charge is 2.27. The van der Waals surface area contributed by atoms with Crippen LogP contribution in [0.2, 0.25) is 0 Å². The van der Waals surface area contributed by atoms with Gasteiger partial charge in [0.05, 0.1) is 0 Å². The molecule has 13 heavy (non-hydrogen) atoms. The van der Waals surface area contributed by atoms with Gasteiger partial charge in [0.15, 0.2) is 0 Å². The van der Waals surface area contributed by atoms with Gasteiger partial charge in [-0.2, -0.15) is 0 Å². The average molecular weight is 186 g/mol. The van der Waals surface area contributed by atoms with Crippen molar-refractivity contribution in [1.29, 1.82) is 0 Å². The van der Waals surface area contributed by atoms with E-state index in [9.17, 15) is 4.79 Å². The highest BCUT2D eigenvalue weighted by Crippen LogP contribution is 2.24. The summed E-state index contributed by atoms with van der Waals surface area (Å²) in [5, 5.41) is 2.81. The van der Waals surface area contributed by atoms with E-state index in [1.54, 1.807) is 0 Å². The van der Waals surface area contributed by atoms with Gasteiger partial charge in [0.1, 0.15) is 0 Å². The first-order valence-electron chi connectivity index (χ1n) is 4.88. The molecule has 0 aliphatic heterocycles. The summed E-state index contributed by atoms with van der Waals surface area (Å²) in [6, 6.07) is 0. The Bertz CT molecular complexity index is 164. The van der Waals surface area contributed by atoms with Gasteiger partial charge in [0, 0.05) is 18.5 Å². The van der Waals surface area contributed by atoms with Crippen molar-refractivity contribution >= 4 is 5.91 Å². The van der Waals surface area contributed by atoms with Crippen LogP contribution in [0.4, 0.5) is 0 Å². The lowest BCUT2D eigenvalue weighted by Gasteiger charge is -2.25. The van der Waals surface area contributed by atoms with E-state index in [-0.39, 0.29) is 11.3 Å². The van der Waals surface area contributed by atoms with E-state index in [1.165, 1.54) is 0 Å². The second-order valence-electron chi connectivity index (χ2n) is 4.53. The maximum absolute atomic E-state index is 11.6. The first-order chi connectivity index (χ1) is 5.90. The fourth-order valence-corrected chi connectivity index (χ4v) is 1.54. The number of carbonyl (C=O) groups excluding carboxylic acids is 1. The lowest BCUT2D eigenvalue weighted by Crippen LogP contribution is -2.40. The van der Waals surface area contributed by atoms with Crippen LogP contribution in [0, 0.1) is 11.3 Å². The number of amides is 1. The lowest BCUT2D eigenvalue weighted by molar-refractivity contribution is -0.130. The summed E-state index contributed by atoms with van der Waals surface area (Å²) < 4.78 is 0. The molecule has 1 amide bonds. The molecule has 0 rings (SSSR count). The summed E-state index contributed by atoms with van der Waals surface area (Å²) in [4.78, 5) is 11.6. The molecule has 3 N–H and O–H groups in total. The number of nitrogens with two attached hydrogens (primary N) is 1. The third kappa shape index (κ3) is 4.88. The molecule has 0 aliphatic rings. The summed E-state index contributed by atoms with van der Waals surface area (Å²) in [7, 11) is 0. The van der Waals surface area contributed by atoms with Crippen LogP contribution >= 0.6 is 0 Å². The SMILES string of the molecule is CC(C)CC(C)(C)C(=O)NCCN. The van der Waals surface area contributed by atoms with E-state index in [0.717, 1.165) is 6.42 Å². The first-order valence-corrected chi connectivity index (χ1v) is 4.88. The molecule has 0 aromatic heterocycles. The highest BCUT2D eigenvalue weighted by molar-refractivity contribution is 5.81. The van der Waals surface area contributed by atoms with Crippen LogP contribution in [-0.2, 0) is 4.79 Å². The molecule has 0 saturated carbocycles. The molecule has 78 valence electrons. The summed E-state index contributed by atoms with van der Waals surface area (Å²) in [6.07, 6.45) is 0.906. The second-order valence-corrected chi connectivity index (χ2v) is 4.53. The van der Waals surface area contributed by atoms with E-state index in [0.29, 0.717) is 19.0 Å². The van der Waals surface area contributed by atoms with E-state index in [2.05, 4.69) is 19.2 Å². The lowest BCUT2D eigenvalue weighted by atomic mass is 9.83. The van der Waals surface area contributed by atoms with Crippen LogP contribution in [0.1, 0.15) is 34.1 Å². The Morgan fingerprint density at radius 2 is 2.00 bits per heavy atom. The van der Waals surface area contributed by atoms with Crippen molar-refractivity contribution in [2.75, 3.05) is 13.1 Å². The third-order valence-corrected chi connectivity index (χ3v) is 1.96. The summed E-state index contributed by atoms with van der Waals surface area (Å²) in [5.41, 5.74) is 5.03. The maximum Gasteiger partial charge on any atom is 0.225 e. The van der Waals surface area contributed by atoms with Crippen molar-refractivity contribution in [2.24, 2.45) is 17.1 Å². The van der Waals surface area contributed by atoms with Gasteiger partial charge in [-0.15, -0.1) is 0 Å². The van der Waals surface area contributed by atoms with Crippen molar-refractivity contribution < 1.29 is 4.79 Å². The third-order valence-electron chi connectivity index (χ3n) is 1.96. The minimum absolute atomic E-state index is 0.103. The highest BCUT2D eigenvalue weighted by atomic mass is 16.2. The monoisotopic (exact) mass is 186 g/mol. The molecule has 0 radical (unpaired) electrons. The number of hydrogen-bond acceptors (Lipinski definition) is 2. The van der Waals surface area contributed by atoms with Gasteiger partial charge in [-0.1, -0.05) is 27.7 Å².